The highest BCUT2D eigenvalue weighted by Crippen LogP contribution is 2.04. The van der Waals surface area contributed by atoms with E-state index in [4.69, 9.17) is 10.9 Å². The Morgan fingerprint density at radius 1 is 1.65 bits per heavy atom. The summed E-state index contributed by atoms with van der Waals surface area (Å²) in [6.07, 6.45) is 1.34. The van der Waals surface area contributed by atoms with Crippen LogP contribution in [0.5, 0.6) is 0 Å². The van der Waals surface area contributed by atoms with Gasteiger partial charge in [0.15, 0.2) is 17.0 Å². The van der Waals surface area contributed by atoms with Gasteiger partial charge < -0.3 is 15.5 Å². The third-order valence-electron chi connectivity index (χ3n) is 2.34. The summed E-state index contributed by atoms with van der Waals surface area (Å²) in [5.41, 5.74) is 4.67. The molecule has 0 aromatic carbocycles. The van der Waals surface area contributed by atoms with E-state index in [1.54, 1.807) is 0 Å². The second-order valence-electron chi connectivity index (χ2n) is 3.45. The number of amidine groups is 1. The zero-order valence-electron chi connectivity index (χ0n) is 8.91. The quantitative estimate of drug-likeness (QED) is 0.245. The van der Waals surface area contributed by atoms with E-state index >= 15 is 0 Å². The fraction of sp³-hybridized carbons (Fsp3) is 0.250. The number of fused-ring (bicyclic) bond motifs is 1. The van der Waals surface area contributed by atoms with Crippen LogP contribution in [0.3, 0.4) is 0 Å². The minimum absolute atomic E-state index is 0.00822. The zero-order valence-corrected chi connectivity index (χ0v) is 8.91. The molecule has 9 nitrogen and oxygen atoms in total. The van der Waals surface area contributed by atoms with Crippen LogP contribution in [-0.4, -0.2) is 30.1 Å². The van der Waals surface area contributed by atoms with Crippen LogP contribution in [0.2, 0.25) is 0 Å². The Balaban J connectivity index is 2.74. The van der Waals surface area contributed by atoms with Crippen LogP contribution in [0.1, 0.15) is 0 Å². The maximum absolute atomic E-state index is 11.6. The summed E-state index contributed by atoms with van der Waals surface area (Å²) in [6.45, 7) is 0.00822. The molecule has 0 saturated carbocycles. The minimum atomic E-state index is -0.564. The van der Waals surface area contributed by atoms with Crippen molar-refractivity contribution >= 4 is 17.0 Å². The van der Waals surface area contributed by atoms with Gasteiger partial charge in [-0.2, -0.15) is 0 Å². The van der Waals surface area contributed by atoms with Gasteiger partial charge in [-0.15, -0.1) is 0 Å². The second kappa shape index (κ2) is 3.77. The lowest BCUT2D eigenvalue weighted by Crippen LogP contribution is -2.30. The Morgan fingerprint density at radius 3 is 3.00 bits per heavy atom. The van der Waals surface area contributed by atoms with Crippen molar-refractivity contribution in [3.05, 3.63) is 27.2 Å². The van der Waals surface area contributed by atoms with Crippen LogP contribution in [0.4, 0.5) is 0 Å². The van der Waals surface area contributed by atoms with E-state index in [9.17, 15) is 9.59 Å². The summed E-state index contributed by atoms with van der Waals surface area (Å²) in [5.74, 6) is -0.0717. The summed E-state index contributed by atoms with van der Waals surface area (Å²) in [5, 5.41) is 11.3. The van der Waals surface area contributed by atoms with Gasteiger partial charge in [0, 0.05) is 7.05 Å². The third kappa shape index (κ3) is 1.67. The molecule has 90 valence electrons. The number of H-pyrrole nitrogens is 1. The number of nitrogens with zero attached hydrogens (tertiary/aromatic N) is 4. The molecule has 9 heteroatoms. The predicted octanol–water partition coefficient (Wildman–Crippen LogP) is -1.83. The molecule has 0 fully saturated rings. The molecule has 0 spiro atoms. The number of oxime groups is 1. The number of hydrogen-bond acceptors (Lipinski definition) is 5. The van der Waals surface area contributed by atoms with E-state index in [-0.39, 0.29) is 23.5 Å². The molecule has 0 aliphatic heterocycles. The van der Waals surface area contributed by atoms with Crippen LogP contribution in [-0.2, 0) is 13.6 Å². The van der Waals surface area contributed by atoms with Crippen molar-refractivity contribution in [3.63, 3.8) is 0 Å². The number of aromatic amines is 1. The van der Waals surface area contributed by atoms with Crippen LogP contribution < -0.4 is 17.0 Å². The Kier molecular flexibility index (Phi) is 2.42. The molecule has 0 bridgehead atoms. The highest BCUT2D eigenvalue weighted by atomic mass is 16.4. The smallest absolute Gasteiger partial charge is 0.329 e. The average Bonchev–Trinajstić information content (AvgIpc) is 2.70. The highest BCUT2D eigenvalue weighted by molar-refractivity contribution is 5.81. The second-order valence-corrected chi connectivity index (χ2v) is 3.45. The molecule has 0 unspecified atom stereocenters. The number of aromatic nitrogens is 4. The van der Waals surface area contributed by atoms with Crippen molar-refractivity contribution in [2.24, 2.45) is 17.9 Å². The molecular weight excluding hydrogens is 228 g/mol. The van der Waals surface area contributed by atoms with Crippen molar-refractivity contribution in [1.29, 1.82) is 0 Å². The number of aryl methyl sites for hydroxylation is 1. The van der Waals surface area contributed by atoms with Crippen LogP contribution in [0, 0.1) is 0 Å². The molecule has 4 N–H and O–H groups in total. The first-order valence-electron chi connectivity index (χ1n) is 4.65. The van der Waals surface area contributed by atoms with Crippen molar-refractivity contribution in [2.75, 3.05) is 0 Å². The number of rotatable bonds is 2. The molecule has 2 heterocycles. The number of hydrogen-bond donors (Lipinski definition) is 3. The molecule has 0 saturated heterocycles. The molecule has 0 aliphatic carbocycles. The minimum Gasteiger partial charge on any atom is -0.409 e. The maximum Gasteiger partial charge on any atom is 0.329 e. The van der Waals surface area contributed by atoms with Crippen LogP contribution in [0.15, 0.2) is 21.1 Å². The van der Waals surface area contributed by atoms with Gasteiger partial charge >= 0.3 is 5.69 Å². The molecule has 2 aromatic rings. The molecule has 17 heavy (non-hydrogen) atoms. The first-order chi connectivity index (χ1) is 8.04. The van der Waals surface area contributed by atoms with Gasteiger partial charge in [-0.05, 0) is 0 Å². The van der Waals surface area contributed by atoms with Crippen LogP contribution in [0.25, 0.3) is 11.2 Å². The normalized spacial score (nSPS) is 12.2. The molecular formula is C8H10N6O3. The van der Waals surface area contributed by atoms with Gasteiger partial charge in [0.2, 0.25) is 0 Å². The lowest BCUT2D eigenvalue weighted by atomic mass is 10.5. The van der Waals surface area contributed by atoms with E-state index in [1.165, 1.54) is 22.5 Å². The van der Waals surface area contributed by atoms with Gasteiger partial charge in [-0.1, -0.05) is 5.16 Å². The number of nitrogens with one attached hydrogen (secondary N) is 1. The summed E-state index contributed by atoms with van der Waals surface area (Å²) in [4.78, 5) is 29.0. The standard InChI is InChI=1S/C8H10N6O3/c1-13-6-5(7(15)11-8(13)16)14(3-10-6)2-4(9)12-17/h3,17H,2H2,1H3,(H2,9,12)(H,11,15,16). The molecule has 0 atom stereocenters. The summed E-state index contributed by atoms with van der Waals surface area (Å²) in [7, 11) is 1.49. The van der Waals surface area contributed by atoms with Crippen molar-refractivity contribution in [3.8, 4) is 0 Å². The van der Waals surface area contributed by atoms with Crippen molar-refractivity contribution in [1.82, 2.24) is 19.1 Å². The highest BCUT2D eigenvalue weighted by Gasteiger charge is 2.11. The molecule has 2 rings (SSSR count). The first kappa shape index (κ1) is 10.9. The monoisotopic (exact) mass is 238 g/mol. The van der Waals surface area contributed by atoms with Crippen molar-refractivity contribution < 1.29 is 5.21 Å². The Bertz CT molecular complexity index is 706. The van der Waals surface area contributed by atoms with Crippen molar-refractivity contribution in [2.45, 2.75) is 6.54 Å². The van der Waals surface area contributed by atoms with Gasteiger partial charge in [0.1, 0.15) is 0 Å². The lowest BCUT2D eigenvalue weighted by Gasteiger charge is -2.02. The molecule has 0 radical (unpaired) electrons. The summed E-state index contributed by atoms with van der Waals surface area (Å²) in [6, 6.07) is 0. The third-order valence-corrected chi connectivity index (χ3v) is 2.34. The van der Waals surface area contributed by atoms with Gasteiger partial charge in [0.05, 0.1) is 12.9 Å². The number of nitrogens with two attached hydrogens (primary N) is 1. The molecule has 2 aromatic heterocycles. The van der Waals surface area contributed by atoms with E-state index in [2.05, 4.69) is 15.1 Å². The Hall–Kier alpha value is -2.58. The topological polar surface area (TPSA) is 131 Å². The van der Waals surface area contributed by atoms with Gasteiger partial charge in [-0.3, -0.25) is 14.3 Å². The maximum atomic E-state index is 11.6. The van der Waals surface area contributed by atoms with Crippen LogP contribution >= 0.6 is 0 Å². The average molecular weight is 238 g/mol. The fourth-order valence-electron chi connectivity index (χ4n) is 1.51. The predicted molar refractivity (Wildman–Crippen MR) is 59.0 cm³/mol. The first-order valence-corrected chi connectivity index (χ1v) is 4.65. The molecule has 0 aliphatic rings. The summed E-state index contributed by atoms with van der Waals surface area (Å²) >= 11 is 0. The van der Waals surface area contributed by atoms with Gasteiger partial charge in [0.25, 0.3) is 5.56 Å². The molecule has 0 amide bonds. The Morgan fingerprint density at radius 2 is 2.35 bits per heavy atom. The SMILES string of the molecule is Cn1c(=O)[nH]c(=O)c2c1ncn2CC(N)=NO. The fourth-order valence-corrected chi connectivity index (χ4v) is 1.51. The zero-order chi connectivity index (χ0) is 12.6. The Labute approximate surface area is 93.8 Å². The van der Waals surface area contributed by atoms with Gasteiger partial charge in [-0.25, -0.2) is 9.78 Å². The van der Waals surface area contributed by atoms with E-state index < -0.39 is 11.2 Å². The lowest BCUT2D eigenvalue weighted by molar-refractivity contribution is 0.316. The summed E-state index contributed by atoms with van der Waals surface area (Å²) < 4.78 is 2.60. The van der Waals surface area contributed by atoms with E-state index in [0.29, 0.717) is 0 Å². The largest absolute Gasteiger partial charge is 0.409 e. The van der Waals surface area contributed by atoms with E-state index in [1.807, 2.05) is 0 Å². The number of imidazole rings is 1. The van der Waals surface area contributed by atoms with E-state index in [0.717, 1.165) is 0 Å².